The van der Waals surface area contributed by atoms with Gasteiger partial charge in [-0.25, -0.2) is 4.98 Å². The molecule has 0 bridgehead atoms. The highest BCUT2D eigenvalue weighted by molar-refractivity contribution is 5.81. The summed E-state index contributed by atoms with van der Waals surface area (Å²) in [7, 11) is 0. The molecule has 0 aliphatic heterocycles. The van der Waals surface area contributed by atoms with Crippen LogP contribution in [0.15, 0.2) is 41.2 Å². The molecule has 3 rings (SSSR count). The van der Waals surface area contributed by atoms with Crippen LogP contribution in [-0.2, 0) is 12.8 Å². The summed E-state index contributed by atoms with van der Waals surface area (Å²) in [4.78, 5) is 20.2. The number of hydrogen-bond acceptors (Lipinski definition) is 3. The van der Waals surface area contributed by atoms with Gasteiger partial charge in [0.15, 0.2) is 0 Å². The number of aromatic nitrogens is 2. The van der Waals surface area contributed by atoms with Crippen molar-refractivity contribution in [2.75, 3.05) is 0 Å². The Morgan fingerprint density at radius 3 is 2.21 bits per heavy atom. The summed E-state index contributed by atoms with van der Waals surface area (Å²) < 4.78 is 0. The molecule has 28 heavy (non-hydrogen) atoms. The van der Waals surface area contributed by atoms with Gasteiger partial charge in [0.05, 0.1) is 16.5 Å². The highest BCUT2D eigenvalue weighted by atomic mass is 16.3. The summed E-state index contributed by atoms with van der Waals surface area (Å²) in [6, 6.07) is 11.5. The standard InChI is InChI=1S/C24H30N2O2/c1-3-5-7-9-17-11-13-21-19(15-17)24(28)26-23(25-21)20-16-18(10-8-6-4-2)12-14-22(20)27/h11-16,27H,3-10H2,1-2H3,(H,25,26,28). The number of nitrogens with zero attached hydrogens (tertiary/aromatic N) is 1. The van der Waals surface area contributed by atoms with Gasteiger partial charge in [0.25, 0.3) is 5.56 Å². The zero-order valence-corrected chi connectivity index (χ0v) is 16.9. The number of unbranched alkanes of at least 4 members (excludes halogenated alkanes) is 4. The number of H-pyrrole nitrogens is 1. The number of fused-ring (bicyclic) bond motifs is 1. The molecule has 4 nitrogen and oxygen atoms in total. The first kappa shape index (κ1) is 20.1. The second kappa shape index (κ2) is 9.54. The van der Waals surface area contributed by atoms with E-state index in [1.807, 2.05) is 24.3 Å². The van der Waals surface area contributed by atoms with E-state index < -0.39 is 0 Å². The van der Waals surface area contributed by atoms with Gasteiger partial charge < -0.3 is 10.1 Å². The smallest absolute Gasteiger partial charge is 0.259 e. The minimum Gasteiger partial charge on any atom is -0.507 e. The van der Waals surface area contributed by atoms with Crippen LogP contribution in [0.2, 0.25) is 0 Å². The first-order valence-corrected chi connectivity index (χ1v) is 10.5. The second-order valence-corrected chi connectivity index (χ2v) is 7.53. The van der Waals surface area contributed by atoms with Crippen molar-refractivity contribution >= 4 is 10.9 Å². The molecule has 0 fully saturated rings. The van der Waals surface area contributed by atoms with E-state index in [2.05, 4.69) is 29.9 Å². The van der Waals surface area contributed by atoms with Crippen LogP contribution in [0, 0.1) is 0 Å². The van der Waals surface area contributed by atoms with Crippen LogP contribution < -0.4 is 5.56 Å². The van der Waals surface area contributed by atoms with Gasteiger partial charge in [-0.15, -0.1) is 0 Å². The summed E-state index contributed by atoms with van der Waals surface area (Å²) in [5.74, 6) is 0.559. The second-order valence-electron chi connectivity index (χ2n) is 7.53. The number of phenolic OH excluding ortho intramolecular Hbond substituents is 1. The van der Waals surface area contributed by atoms with E-state index in [1.165, 1.54) is 31.2 Å². The number of aromatic hydroxyl groups is 1. The van der Waals surface area contributed by atoms with E-state index in [-0.39, 0.29) is 11.3 Å². The molecule has 0 amide bonds. The lowest BCUT2D eigenvalue weighted by Gasteiger charge is -2.09. The van der Waals surface area contributed by atoms with E-state index in [1.54, 1.807) is 6.07 Å². The van der Waals surface area contributed by atoms with Crippen LogP contribution in [0.4, 0.5) is 0 Å². The Hall–Kier alpha value is -2.62. The number of benzene rings is 2. The van der Waals surface area contributed by atoms with E-state index in [0.717, 1.165) is 31.2 Å². The average molecular weight is 379 g/mol. The van der Waals surface area contributed by atoms with Crippen molar-refractivity contribution in [2.24, 2.45) is 0 Å². The fourth-order valence-electron chi connectivity index (χ4n) is 3.56. The maximum atomic E-state index is 12.7. The van der Waals surface area contributed by atoms with Crippen LogP contribution in [0.1, 0.15) is 63.5 Å². The molecule has 0 spiro atoms. The Morgan fingerprint density at radius 1 is 0.893 bits per heavy atom. The summed E-state index contributed by atoms with van der Waals surface area (Å²) in [5, 5.41) is 10.9. The highest BCUT2D eigenvalue weighted by Gasteiger charge is 2.11. The monoisotopic (exact) mass is 378 g/mol. The van der Waals surface area contributed by atoms with E-state index in [0.29, 0.717) is 22.3 Å². The first-order chi connectivity index (χ1) is 13.6. The van der Waals surface area contributed by atoms with E-state index in [4.69, 9.17) is 0 Å². The third kappa shape index (κ3) is 4.80. The molecule has 0 unspecified atom stereocenters. The molecule has 0 aliphatic rings. The normalized spacial score (nSPS) is 11.2. The predicted octanol–water partition coefficient (Wildman–Crippen LogP) is 5.76. The molecule has 2 aromatic carbocycles. The van der Waals surface area contributed by atoms with E-state index >= 15 is 0 Å². The van der Waals surface area contributed by atoms with Crippen molar-refractivity contribution < 1.29 is 5.11 Å². The third-order valence-corrected chi connectivity index (χ3v) is 5.22. The SMILES string of the molecule is CCCCCc1ccc(O)c(-c2nc3ccc(CCCCC)cc3c(=O)[nH]2)c1. The molecular weight excluding hydrogens is 348 g/mol. The number of aryl methyl sites for hydroxylation is 2. The summed E-state index contributed by atoms with van der Waals surface area (Å²) in [5.41, 5.74) is 3.40. The maximum absolute atomic E-state index is 12.7. The van der Waals surface area contributed by atoms with Gasteiger partial charge in [-0.2, -0.15) is 0 Å². The van der Waals surface area contributed by atoms with Crippen molar-refractivity contribution in [3.63, 3.8) is 0 Å². The van der Waals surface area contributed by atoms with Gasteiger partial charge in [0.1, 0.15) is 11.6 Å². The summed E-state index contributed by atoms with van der Waals surface area (Å²) >= 11 is 0. The number of phenols is 1. The topological polar surface area (TPSA) is 66.0 Å². The maximum Gasteiger partial charge on any atom is 0.259 e. The molecule has 1 aromatic heterocycles. The molecule has 148 valence electrons. The van der Waals surface area contributed by atoms with Crippen molar-refractivity contribution in [1.29, 1.82) is 0 Å². The van der Waals surface area contributed by atoms with Crippen LogP contribution in [0.3, 0.4) is 0 Å². The lowest BCUT2D eigenvalue weighted by molar-refractivity contribution is 0.476. The molecule has 0 atom stereocenters. The van der Waals surface area contributed by atoms with Crippen LogP contribution in [-0.4, -0.2) is 15.1 Å². The van der Waals surface area contributed by atoms with Crippen molar-refractivity contribution in [2.45, 2.75) is 65.2 Å². The third-order valence-electron chi connectivity index (χ3n) is 5.22. The molecule has 2 N–H and O–H groups in total. The van der Waals surface area contributed by atoms with Gasteiger partial charge >= 0.3 is 0 Å². The molecule has 0 aliphatic carbocycles. The van der Waals surface area contributed by atoms with Gasteiger partial charge in [0.2, 0.25) is 0 Å². The van der Waals surface area contributed by atoms with Gasteiger partial charge in [-0.05, 0) is 61.1 Å². The quantitative estimate of drug-likeness (QED) is 0.465. The first-order valence-electron chi connectivity index (χ1n) is 10.5. The largest absolute Gasteiger partial charge is 0.507 e. The van der Waals surface area contributed by atoms with Crippen molar-refractivity contribution in [1.82, 2.24) is 9.97 Å². The Morgan fingerprint density at radius 2 is 1.54 bits per heavy atom. The molecule has 1 heterocycles. The predicted molar refractivity (Wildman–Crippen MR) is 116 cm³/mol. The number of nitrogens with one attached hydrogen (secondary N) is 1. The lowest BCUT2D eigenvalue weighted by Crippen LogP contribution is -2.10. The minimum atomic E-state index is -0.159. The van der Waals surface area contributed by atoms with Gasteiger partial charge in [-0.1, -0.05) is 51.7 Å². The molecule has 3 aromatic rings. The number of rotatable bonds is 9. The molecule has 0 radical (unpaired) electrons. The Balaban J connectivity index is 1.92. The van der Waals surface area contributed by atoms with Gasteiger partial charge in [0, 0.05) is 0 Å². The minimum absolute atomic E-state index is 0.137. The Kier molecular flexibility index (Phi) is 6.85. The highest BCUT2D eigenvalue weighted by Crippen LogP contribution is 2.28. The molecule has 4 heteroatoms. The number of hydrogen-bond donors (Lipinski definition) is 2. The Labute approximate surface area is 166 Å². The lowest BCUT2D eigenvalue weighted by atomic mass is 10.0. The molecule has 0 saturated heterocycles. The zero-order valence-electron chi connectivity index (χ0n) is 16.9. The van der Waals surface area contributed by atoms with Gasteiger partial charge in [-0.3, -0.25) is 4.79 Å². The zero-order chi connectivity index (χ0) is 19.9. The molecular formula is C24H30N2O2. The van der Waals surface area contributed by atoms with Crippen LogP contribution in [0.5, 0.6) is 5.75 Å². The fourth-order valence-corrected chi connectivity index (χ4v) is 3.56. The fraction of sp³-hybridized carbons (Fsp3) is 0.417. The number of aromatic amines is 1. The Bertz CT molecular complexity index is 992. The summed E-state index contributed by atoms with van der Waals surface area (Å²) in [6.07, 6.45) is 8.91. The average Bonchev–Trinajstić information content (AvgIpc) is 2.70. The van der Waals surface area contributed by atoms with Crippen LogP contribution >= 0.6 is 0 Å². The van der Waals surface area contributed by atoms with Crippen molar-refractivity contribution in [3.05, 3.63) is 57.9 Å². The molecule has 0 saturated carbocycles. The summed E-state index contributed by atoms with van der Waals surface area (Å²) in [6.45, 7) is 4.37. The van der Waals surface area contributed by atoms with Crippen molar-refractivity contribution in [3.8, 4) is 17.1 Å². The van der Waals surface area contributed by atoms with Crippen LogP contribution in [0.25, 0.3) is 22.3 Å². The van der Waals surface area contributed by atoms with E-state index in [9.17, 15) is 9.90 Å².